The van der Waals surface area contributed by atoms with Gasteiger partial charge in [-0.05, 0) is 140 Å². The van der Waals surface area contributed by atoms with Gasteiger partial charge in [-0.1, -0.05) is 130 Å². The number of hydrogen-bond acceptors (Lipinski definition) is 1. The zero-order chi connectivity index (χ0) is 35.1. The number of benzene rings is 7. The van der Waals surface area contributed by atoms with Crippen LogP contribution in [0.2, 0.25) is 5.02 Å². The molecule has 0 spiro atoms. The van der Waals surface area contributed by atoms with Crippen molar-refractivity contribution >= 4 is 28.7 Å². The first kappa shape index (κ1) is 31.6. The highest BCUT2D eigenvalue weighted by molar-refractivity contribution is 6.31. The van der Waals surface area contributed by atoms with Gasteiger partial charge in [-0.3, -0.25) is 0 Å². The lowest BCUT2D eigenvalue weighted by molar-refractivity contribution is 0.649. The first-order valence-corrected chi connectivity index (χ1v) is 18.2. The number of hydrogen-bond donors (Lipinski definition) is 0. The molecule has 0 saturated carbocycles. The van der Waals surface area contributed by atoms with Crippen molar-refractivity contribution in [3.8, 4) is 44.5 Å². The van der Waals surface area contributed by atoms with E-state index in [1.807, 2.05) is 0 Å². The molecule has 0 N–H and O–H groups in total. The van der Waals surface area contributed by atoms with Gasteiger partial charge < -0.3 is 4.90 Å². The molecule has 2 aliphatic carbocycles. The van der Waals surface area contributed by atoms with E-state index < -0.39 is 0 Å². The molecule has 0 atom stereocenters. The van der Waals surface area contributed by atoms with Crippen LogP contribution in [0.3, 0.4) is 0 Å². The van der Waals surface area contributed by atoms with Crippen molar-refractivity contribution in [3.05, 3.63) is 184 Å². The van der Waals surface area contributed by atoms with E-state index in [-0.39, 0.29) is 10.8 Å². The van der Waals surface area contributed by atoms with E-state index in [1.165, 1.54) is 72.3 Å². The molecule has 0 amide bonds. The van der Waals surface area contributed by atoms with Crippen molar-refractivity contribution in [1.82, 2.24) is 0 Å². The molecule has 0 heterocycles. The molecule has 0 fully saturated rings. The molecule has 2 aliphatic rings. The van der Waals surface area contributed by atoms with Gasteiger partial charge >= 0.3 is 0 Å². The Bertz CT molecular complexity index is 2370. The first-order chi connectivity index (χ1) is 24.6. The summed E-state index contributed by atoms with van der Waals surface area (Å²) in [6.45, 7) is 11.7. The van der Waals surface area contributed by atoms with Gasteiger partial charge in [0.25, 0.3) is 0 Å². The number of halogens is 1. The Morgan fingerprint density at radius 2 is 0.863 bits per heavy atom. The van der Waals surface area contributed by atoms with Gasteiger partial charge in [-0.15, -0.1) is 0 Å². The number of rotatable bonds is 5. The Hall–Kier alpha value is -5.37. The lowest BCUT2D eigenvalue weighted by Gasteiger charge is -2.28. The fraction of sp³-hybridized carbons (Fsp3) is 0.143. The number of nitrogens with zero attached hydrogens (tertiary/aromatic N) is 1. The Labute approximate surface area is 306 Å². The Balaban J connectivity index is 1.17. The fourth-order valence-corrected chi connectivity index (χ4v) is 9.15. The second-order valence-corrected chi connectivity index (χ2v) is 15.7. The summed E-state index contributed by atoms with van der Waals surface area (Å²) in [5.74, 6) is 0. The third-order valence-corrected chi connectivity index (χ3v) is 11.6. The van der Waals surface area contributed by atoms with Gasteiger partial charge in [0.15, 0.2) is 0 Å². The van der Waals surface area contributed by atoms with Crippen LogP contribution >= 0.6 is 11.6 Å². The molecule has 9 rings (SSSR count). The predicted octanol–water partition coefficient (Wildman–Crippen LogP) is 14.1. The Morgan fingerprint density at radius 3 is 1.41 bits per heavy atom. The molecule has 0 saturated heterocycles. The van der Waals surface area contributed by atoms with E-state index in [2.05, 4.69) is 191 Å². The van der Waals surface area contributed by atoms with Crippen molar-refractivity contribution in [2.24, 2.45) is 0 Å². The second-order valence-electron chi connectivity index (χ2n) is 15.2. The summed E-state index contributed by atoms with van der Waals surface area (Å²) < 4.78 is 0. The molecule has 7 aromatic rings. The second kappa shape index (κ2) is 11.6. The van der Waals surface area contributed by atoms with Crippen molar-refractivity contribution in [3.63, 3.8) is 0 Å². The van der Waals surface area contributed by atoms with Crippen LogP contribution in [0.25, 0.3) is 44.5 Å². The van der Waals surface area contributed by atoms with Gasteiger partial charge in [0, 0.05) is 32.9 Å². The topological polar surface area (TPSA) is 3.24 Å². The molecular formula is C49H40ClN. The normalized spacial score (nSPS) is 14.4. The van der Waals surface area contributed by atoms with Crippen LogP contribution in [-0.4, -0.2) is 0 Å². The van der Waals surface area contributed by atoms with E-state index in [0.717, 1.165) is 22.1 Å². The summed E-state index contributed by atoms with van der Waals surface area (Å²) in [6, 6.07) is 55.4. The third kappa shape index (κ3) is 4.98. The molecule has 7 aromatic carbocycles. The first-order valence-electron chi connectivity index (χ1n) is 17.9. The molecule has 0 aliphatic heterocycles. The van der Waals surface area contributed by atoms with E-state index in [9.17, 15) is 0 Å². The molecule has 248 valence electrons. The van der Waals surface area contributed by atoms with Gasteiger partial charge in [0.05, 0.1) is 0 Å². The van der Waals surface area contributed by atoms with Gasteiger partial charge in [0.2, 0.25) is 0 Å². The molecule has 0 bridgehead atoms. The van der Waals surface area contributed by atoms with Crippen LogP contribution in [0.1, 0.15) is 55.5 Å². The standard InChI is InChI=1S/C49H40ClN/c1-31-26-36(50)27-43-42-30-45-41(29-46(42)49(4,5)47(31)43)40-25-24-39(28-44(40)48(45,2)3)51(37-20-16-34(17-21-37)32-12-8-6-9-13-32)38-22-18-35(19-23-38)33-14-10-7-11-15-33/h6-30H,1-5H3. The smallest absolute Gasteiger partial charge is 0.0465 e. The van der Waals surface area contributed by atoms with Gasteiger partial charge in [-0.25, -0.2) is 0 Å². The number of anilines is 3. The van der Waals surface area contributed by atoms with Gasteiger partial charge in [-0.2, -0.15) is 0 Å². The van der Waals surface area contributed by atoms with E-state index in [4.69, 9.17) is 11.6 Å². The van der Waals surface area contributed by atoms with E-state index in [0.29, 0.717) is 0 Å². The number of aryl methyl sites for hydroxylation is 1. The molecular weight excluding hydrogens is 638 g/mol. The zero-order valence-corrected chi connectivity index (χ0v) is 30.5. The quantitative estimate of drug-likeness (QED) is 0.175. The van der Waals surface area contributed by atoms with Crippen molar-refractivity contribution in [2.75, 3.05) is 4.90 Å². The molecule has 0 radical (unpaired) electrons. The zero-order valence-electron chi connectivity index (χ0n) is 29.8. The minimum atomic E-state index is -0.184. The summed E-state index contributed by atoms with van der Waals surface area (Å²) in [4.78, 5) is 2.40. The SMILES string of the molecule is Cc1cc(Cl)cc2c1C(C)(C)c1cc3c(cc1-2)C(C)(C)c1cc(N(c2ccc(-c4ccccc4)cc2)c2ccc(-c4ccccc4)cc2)ccc1-3. The van der Waals surface area contributed by atoms with Crippen LogP contribution in [0.5, 0.6) is 0 Å². The highest BCUT2D eigenvalue weighted by Gasteiger charge is 2.42. The minimum absolute atomic E-state index is 0.101. The Kier molecular flexibility index (Phi) is 7.18. The van der Waals surface area contributed by atoms with Crippen LogP contribution in [0.15, 0.2) is 152 Å². The van der Waals surface area contributed by atoms with E-state index >= 15 is 0 Å². The molecule has 51 heavy (non-hydrogen) atoms. The maximum Gasteiger partial charge on any atom is 0.0465 e. The van der Waals surface area contributed by atoms with Crippen LogP contribution in [0.4, 0.5) is 17.1 Å². The van der Waals surface area contributed by atoms with E-state index in [1.54, 1.807) is 0 Å². The number of fused-ring (bicyclic) bond motifs is 6. The van der Waals surface area contributed by atoms with Crippen molar-refractivity contribution in [2.45, 2.75) is 45.4 Å². The van der Waals surface area contributed by atoms with Crippen molar-refractivity contribution in [1.29, 1.82) is 0 Å². The maximum absolute atomic E-state index is 6.66. The average molecular weight is 678 g/mol. The fourth-order valence-electron chi connectivity index (χ4n) is 8.88. The molecule has 0 unspecified atom stereocenters. The summed E-state index contributed by atoms with van der Waals surface area (Å²) in [6.07, 6.45) is 0. The van der Waals surface area contributed by atoms with Gasteiger partial charge in [0.1, 0.15) is 0 Å². The maximum atomic E-state index is 6.66. The molecule has 1 nitrogen and oxygen atoms in total. The van der Waals surface area contributed by atoms with Crippen LogP contribution in [0, 0.1) is 6.92 Å². The summed E-state index contributed by atoms with van der Waals surface area (Å²) in [7, 11) is 0. The third-order valence-electron chi connectivity index (χ3n) is 11.4. The lowest BCUT2D eigenvalue weighted by atomic mass is 9.78. The summed E-state index contributed by atoms with van der Waals surface area (Å²) in [5.41, 5.74) is 20.0. The monoisotopic (exact) mass is 677 g/mol. The van der Waals surface area contributed by atoms with Crippen LogP contribution in [-0.2, 0) is 10.8 Å². The largest absolute Gasteiger partial charge is 0.310 e. The lowest BCUT2D eigenvalue weighted by Crippen LogP contribution is -2.18. The summed E-state index contributed by atoms with van der Waals surface area (Å²) in [5, 5.41) is 0.802. The molecule has 0 aromatic heterocycles. The minimum Gasteiger partial charge on any atom is -0.310 e. The average Bonchev–Trinajstić information content (AvgIpc) is 3.51. The molecule has 2 heteroatoms. The summed E-state index contributed by atoms with van der Waals surface area (Å²) >= 11 is 6.66. The highest BCUT2D eigenvalue weighted by Crippen LogP contribution is 2.57. The van der Waals surface area contributed by atoms with Crippen LogP contribution < -0.4 is 4.90 Å². The van der Waals surface area contributed by atoms with Crippen molar-refractivity contribution < 1.29 is 0 Å². The highest BCUT2D eigenvalue weighted by atomic mass is 35.5. The Morgan fingerprint density at radius 1 is 0.412 bits per heavy atom. The predicted molar refractivity (Wildman–Crippen MR) is 217 cm³/mol.